The van der Waals surface area contributed by atoms with E-state index in [2.05, 4.69) is 12.2 Å². The Morgan fingerprint density at radius 2 is 1.90 bits per heavy atom. The number of benzene rings is 2. The van der Waals surface area contributed by atoms with Gasteiger partial charge in [-0.05, 0) is 36.1 Å². The van der Waals surface area contributed by atoms with Crippen LogP contribution in [0.1, 0.15) is 26.2 Å². The summed E-state index contributed by atoms with van der Waals surface area (Å²) in [6.45, 7) is 2.97. The van der Waals surface area contributed by atoms with Gasteiger partial charge in [0, 0.05) is 23.7 Å². The fourth-order valence-electron chi connectivity index (χ4n) is 2.19. The van der Waals surface area contributed by atoms with Crippen LogP contribution in [0.2, 0.25) is 0 Å². The van der Waals surface area contributed by atoms with Gasteiger partial charge in [-0.1, -0.05) is 19.8 Å². The number of phenols is 1. The lowest BCUT2D eigenvalue weighted by Crippen LogP contribution is -2.01. The molecule has 0 fully saturated rings. The highest BCUT2D eigenvalue weighted by atomic mass is 32.2. The zero-order chi connectivity index (χ0) is 15.5. The minimum Gasteiger partial charge on any atom is -0.507 e. The van der Waals surface area contributed by atoms with Crippen LogP contribution < -0.4 is 5.32 Å². The molecule has 0 aliphatic carbocycles. The van der Waals surface area contributed by atoms with E-state index in [0.29, 0.717) is 10.8 Å². The van der Waals surface area contributed by atoms with Crippen molar-refractivity contribution in [3.05, 3.63) is 30.3 Å². The summed E-state index contributed by atoms with van der Waals surface area (Å²) in [5, 5.41) is 14.2. The summed E-state index contributed by atoms with van der Waals surface area (Å²) >= 11 is 0. The van der Waals surface area contributed by atoms with Crippen molar-refractivity contribution in [1.82, 2.24) is 0 Å². The predicted molar refractivity (Wildman–Crippen MR) is 83.4 cm³/mol. The maximum Gasteiger partial charge on any atom is 0.294 e. The minimum absolute atomic E-state index is 0.169. The standard InChI is InChI=1S/C15H19NO4S/c1-2-3-4-7-16-12-5-6-14-11(8-12)9-13(10-15(14)17)21(18,19)20/h5-6,8-10,16-17H,2-4,7H2,1H3,(H,18,19,20). The molecule has 0 aromatic heterocycles. The van der Waals surface area contributed by atoms with Crippen LogP contribution in [-0.4, -0.2) is 24.6 Å². The molecule has 2 aromatic rings. The number of hydrogen-bond donors (Lipinski definition) is 3. The van der Waals surface area contributed by atoms with Gasteiger partial charge in [0.25, 0.3) is 10.1 Å². The van der Waals surface area contributed by atoms with Crippen molar-refractivity contribution in [2.45, 2.75) is 31.1 Å². The molecular weight excluding hydrogens is 290 g/mol. The van der Waals surface area contributed by atoms with Crippen LogP contribution in [0.3, 0.4) is 0 Å². The van der Waals surface area contributed by atoms with Crippen molar-refractivity contribution in [3.8, 4) is 5.75 Å². The number of rotatable bonds is 6. The molecule has 2 rings (SSSR count). The Labute approximate surface area is 124 Å². The molecule has 5 nitrogen and oxygen atoms in total. The highest BCUT2D eigenvalue weighted by Crippen LogP contribution is 2.30. The molecule has 3 N–H and O–H groups in total. The first-order valence-corrected chi connectivity index (χ1v) is 8.34. The van der Waals surface area contributed by atoms with Crippen molar-refractivity contribution in [3.63, 3.8) is 0 Å². The fourth-order valence-corrected chi connectivity index (χ4v) is 2.73. The second-order valence-corrected chi connectivity index (χ2v) is 6.41. The van der Waals surface area contributed by atoms with E-state index in [0.717, 1.165) is 37.6 Å². The lowest BCUT2D eigenvalue weighted by Gasteiger charge is -2.09. The molecule has 114 valence electrons. The maximum absolute atomic E-state index is 11.2. The van der Waals surface area contributed by atoms with Crippen LogP contribution in [0.15, 0.2) is 35.2 Å². The van der Waals surface area contributed by atoms with Gasteiger partial charge in [-0.3, -0.25) is 4.55 Å². The Hall–Kier alpha value is -1.79. The molecule has 0 radical (unpaired) electrons. The summed E-state index contributed by atoms with van der Waals surface area (Å²) in [6.07, 6.45) is 3.35. The molecule has 2 aromatic carbocycles. The lowest BCUT2D eigenvalue weighted by atomic mass is 10.1. The number of anilines is 1. The van der Waals surface area contributed by atoms with Crippen molar-refractivity contribution in [1.29, 1.82) is 0 Å². The minimum atomic E-state index is -4.33. The molecule has 0 atom stereocenters. The van der Waals surface area contributed by atoms with Gasteiger partial charge in [-0.2, -0.15) is 8.42 Å². The van der Waals surface area contributed by atoms with Gasteiger partial charge < -0.3 is 10.4 Å². The molecule has 6 heteroatoms. The smallest absolute Gasteiger partial charge is 0.294 e. The highest BCUT2D eigenvalue weighted by molar-refractivity contribution is 7.85. The molecule has 0 saturated heterocycles. The van der Waals surface area contributed by atoms with Crippen LogP contribution in [0, 0.1) is 0 Å². The molecule has 0 saturated carbocycles. The first-order valence-electron chi connectivity index (χ1n) is 6.90. The number of phenolic OH excluding ortho intramolecular Hbond substituents is 1. The van der Waals surface area contributed by atoms with Crippen LogP contribution in [0.5, 0.6) is 5.75 Å². The van der Waals surface area contributed by atoms with E-state index in [1.165, 1.54) is 6.07 Å². The third kappa shape index (κ3) is 3.86. The third-order valence-electron chi connectivity index (χ3n) is 3.31. The summed E-state index contributed by atoms with van der Waals surface area (Å²) in [4.78, 5) is -0.310. The number of aromatic hydroxyl groups is 1. The zero-order valence-corrected chi connectivity index (χ0v) is 12.7. The summed E-state index contributed by atoms with van der Waals surface area (Å²) < 4.78 is 31.5. The van der Waals surface area contributed by atoms with Crippen LogP contribution >= 0.6 is 0 Å². The molecule has 0 aliphatic rings. The number of hydrogen-bond acceptors (Lipinski definition) is 4. The van der Waals surface area contributed by atoms with Gasteiger partial charge in [0.2, 0.25) is 0 Å². The van der Waals surface area contributed by atoms with Crippen molar-refractivity contribution in [2.24, 2.45) is 0 Å². The van der Waals surface area contributed by atoms with Crippen LogP contribution in [0.25, 0.3) is 10.8 Å². The normalized spacial score (nSPS) is 11.7. The monoisotopic (exact) mass is 309 g/mol. The largest absolute Gasteiger partial charge is 0.507 e. The SMILES string of the molecule is CCCCCNc1ccc2c(O)cc(S(=O)(=O)O)cc2c1. The molecular formula is C15H19NO4S. The van der Waals surface area contributed by atoms with Gasteiger partial charge in [0.05, 0.1) is 4.90 Å². The Kier molecular flexibility index (Phi) is 4.69. The first kappa shape index (κ1) is 15.6. The van der Waals surface area contributed by atoms with E-state index >= 15 is 0 Å². The molecule has 0 aliphatic heterocycles. The Bertz CT molecular complexity index is 741. The fraction of sp³-hybridized carbons (Fsp3) is 0.333. The van der Waals surface area contributed by atoms with Gasteiger partial charge in [0.15, 0.2) is 0 Å². The molecule has 0 unspecified atom stereocenters. The Morgan fingerprint density at radius 3 is 2.57 bits per heavy atom. The van der Waals surface area contributed by atoms with E-state index in [1.54, 1.807) is 12.1 Å². The van der Waals surface area contributed by atoms with E-state index in [-0.39, 0.29) is 10.6 Å². The van der Waals surface area contributed by atoms with Gasteiger partial charge in [-0.25, -0.2) is 0 Å². The van der Waals surface area contributed by atoms with Gasteiger partial charge in [0.1, 0.15) is 5.75 Å². The Morgan fingerprint density at radius 1 is 1.14 bits per heavy atom. The number of unbranched alkanes of at least 4 members (excludes halogenated alkanes) is 2. The number of nitrogens with one attached hydrogen (secondary N) is 1. The van der Waals surface area contributed by atoms with E-state index in [4.69, 9.17) is 4.55 Å². The molecule has 0 bridgehead atoms. The van der Waals surface area contributed by atoms with Crippen LogP contribution in [0.4, 0.5) is 5.69 Å². The summed E-state index contributed by atoms with van der Waals surface area (Å²) in [6, 6.07) is 7.71. The molecule has 0 spiro atoms. The summed E-state index contributed by atoms with van der Waals surface area (Å²) in [5.41, 5.74) is 0.852. The van der Waals surface area contributed by atoms with Crippen molar-refractivity contribution < 1.29 is 18.1 Å². The second-order valence-electron chi connectivity index (χ2n) is 4.99. The Balaban J connectivity index is 2.32. The van der Waals surface area contributed by atoms with E-state index < -0.39 is 10.1 Å². The summed E-state index contributed by atoms with van der Waals surface area (Å²) in [5.74, 6) is -0.169. The second kappa shape index (κ2) is 6.32. The van der Waals surface area contributed by atoms with Gasteiger partial charge in [-0.15, -0.1) is 0 Å². The topological polar surface area (TPSA) is 86.6 Å². The average molecular weight is 309 g/mol. The lowest BCUT2D eigenvalue weighted by molar-refractivity contribution is 0.471. The molecule has 0 heterocycles. The number of fused-ring (bicyclic) bond motifs is 1. The zero-order valence-electron chi connectivity index (χ0n) is 11.8. The average Bonchev–Trinajstić information content (AvgIpc) is 2.42. The van der Waals surface area contributed by atoms with Gasteiger partial charge >= 0.3 is 0 Å². The highest BCUT2D eigenvalue weighted by Gasteiger charge is 2.13. The quantitative estimate of drug-likeness (QED) is 0.562. The van der Waals surface area contributed by atoms with E-state index in [1.807, 2.05) is 6.07 Å². The molecule has 21 heavy (non-hydrogen) atoms. The predicted octanol–water partition coefficient (Wildman–Crippen LogP) is 3.39. The first-order chi connectivity index (χ1) is 9.91. The summed E-state index contributed by atoms with van der Waals surface area (Å²) in [7, 11) is -4.33. The van der Waals surface area contributed by atoms with Crippen molar-refractivity contribution in [2.75, 3.05) is 11.9 Å². The van der Waals surface area contributed by atoms with Crippen molar-refractivity contribution >= 4 is 26.6 Å². The van der Waals surface area contributed by atoms with Crippen LogP contribution in [-0.2, 0) is 10.1 Å². The molecule has 0 amide bonds. The maximum atomic E-state index is 11.2. The van der Waals surface area contributed by atoms with E-state index in [9.17, 15) is 13.5 Å². The third-order valence-corrected chi connectivity index (χ3v) is 4.14.